The van der Waals surface area contributed by atoms with E-state index in [1.54, 1.807) is 12.1 Å². The van der Waals surface area contributed by atoms with Gasteiger partial charge in [-0.05, 0) is 17.7 Å². The van der Waals surface area contributed by atoms with Crippen LogP contribution in [0, 0.1) is 5.82 Å². The highest BCUT2D eigenvalue weighted by atomic mass is 19.1. The van der Waals surface area contributed by atoms with Crippen molar-refractivity contribution in [3.63, 3.8) is 0 Å². The zero-order valence-corrected chi connectivity index (χ0v) is 8.29. The molecule has 0 saturated heterocycles. The number of anilines is 2. The van der Waals surface area contributed by atoms with E-state index in [-0.39, 0.29) is 17.2 Å². The van der Waals surface area contributed by atoms with Crippen LogP contribution in [0.25, 0.3) is 0 Å². The fraction of sp³-hybridized carbons (Fsp3) is 0.0909. The van der Waals surface area contributed by atoms with Crippen molar-refractivity contribution in [3.8, 4) is 0 Å². The average molecular weight is 220 g/mol. The molecule has 2 rings (SSSR count). The van der Waals surface area contributed by atoms with Crippen LogP contribution >= 0.6 is 0 Å². The Balaban J connectivity index is 2.06. The van der Waals surface area contributed by atoms with E-state index in [2.05, 4.69) is 5.32 Å². The molecular weight excluding hydrogens is 211 g/mol. The van der Waals surface area contributed by atoms with E-state index < -0.39 is 10.9 Å². The summed E-state index contributed by atoms with van der Waals surface area (Å²) in [5, 5.41) is 2.75. The maximum Gasteiger partial charge on any atom is 0.253 e. The lowest BCUT2D eigenvalue weighted by molar-refractivity contribution is 0.627. The molecule has 4 nitrogen and oxygen atoms in total. The Labute approximate surface area is 90.2 Å². The molecule has 0 unspecified atom stereocenters. The summed E-state index contributed by atoms with van der Waals surface area (Å²) in [5.74, 6) is -0.322. The molecule has 2 aromatic rings. The summed E-state index contributed by atoms with van der Waals surface area (Å²) >= 11 is 0. The van der Waals surface area contributed by atoms with E-state index >= 15 is 0 Å². The second-order valence-electron chi connectivity index (χ2n) is 3.43. The minimum absolute atomic E-state index is 0.0351. The third kappa shape index (κ3) is 1.67. The molecule has 16 heavy (non-hydrogen) atoms. The minimum Gasteiger partial charge on any atom is -0.394 e. The third-order valence-electron chi connectivity index (χ3n) is 2.33. The van der Waals surface area contributed by atoms with Gasteiger partial charge < -0.3 is 11.1 Å². The fourth-order valence-electron chi connectivity index (χ4n) is 1.38. The molecule has 0 saturated carbocycles. The Bertz CT molecular complexity index is 583. The van der Waals surface area contributed by atoms with Gasteiger partial charge in [0.1, 0.15) is 17.2 Å². The molecule has 0 aliphatic rings. The monoisotopic (exact) mass is 220 g/mol. The van der Waals surface area contributed by atoms with E-state index in [0.717, 1.165) is 5.56 Å². The van der Waals surface area contributed by atoms with Gasteiger partial charge in [-0.3, -0.25) is 9.59 Å². The summed E-state index contributed by atoms with van der Waals surface area (Å²) < 4.78 is 12.6. The highest BCUT2D eigenvalue weighted by molar-refractivity contribution is 5.71. The number of benzene rings is 1. The van der Waals surface area contributed by atoms with Crippen LogP contribution in [0.15, 0.2) is 33.9 Å². The van der Waals surface area contributed by atoms with Crippen molar-refractivity contribution >= 4 is 11.4 Å². The minimum atomic E-state index is -0.651. The van der Waals surface area contributed by atoms with Gasteiger partial charge in [0.05, 0.1) is 0 Å². The Morgan fingerprint density at radius 2 is 1.75 bits per heavy atom. The van der Waals surface area contributed by atoms with Crippen molar-refractivity contribution < 1.29 is 4.39 Å². The van der Waals surface area contributed by atoms with Gasteiger partial charge in [0, 0.05) is 6.54 Å². The van der Waals surface area contributed by atoms with Crippen LogP contribution in [0.5, 0.6) is 0 Å². The molecule has 0 aliphatic heterocycles. The SMILES string of the molecule is Nc1c(NCc2ccc(F)cc2)c(=O)c1=O. The quantitative estimate of drug-likeness (QED) is 0.743. The van der Waals surface area contributed by atoms with Crippen LogP contribution in [-0.4, -0.2) is 0 Å². The first-order chi connectivity index (χ1) is 7.59. The predicted molar refractivity (Wildman–Crippen MR) is 59.5 cm³/mol. The van der Waals surface area contributed by atoms with Gasteiger partial charge in [-0.2, -0.15) is 0 Å². The smallest absolute Gasteiger partial charge is 0.253 e. The molecule has 82 valence electrons. The summed E-state index contributed by atoms with van der Waals surface area (Å²) in [5.41, 5.74) is 5.00. The number of halogens is 1. The van der Waals surface area contributed by atoms with Crippen LogP contribution in [0.1, 0.15) is 5.56 Å². The normalized spacial score (nSPS) is 10.6. The number of hydrogen-bond acceptors (Lipinski definition) is 4. The van der Waals surface area contributed by atoms with Gasteiger partial charge in [0.25, 0.3) is 10.9 Å². The van der Waals surface area contributed by atoms with E-state index in [4.69, 9.17) is 5.73 Å². The molecule has 2 aromatic carbocycles. The van der Waals surface area contributed by atoms with Crippen molar-refractivity contribution in [1.82, 2.24) is 0 Å². The van der Waals surface area contributed by atoms with E-state index in [0.29, 0.717) is 6.54 Å². The van der Waals surface area contributed by atoms with Crippen LogP contribution < -0.4 is 21.9 Å². The molecule has 0 spiro atoms. The number of nitrogens with one attached hydrogen (secondary N) is 1. The lowest BCUT2D eigenvalue weighted by Crippen LogP contribution is -2.36. The Morgan fingerprint density at radius 1 is 1.12 bits per heavy atom. The van der Waals surface area contributed by atoms with Crippen molar-refractivity contribution in [1.29, 1.82) is 0 Å². The van der Waals surface area contributed by atoms with Gasteiger partial charge in [0.15, 0.2) is 0 Å². The summed E-state index contributed by atoms with van der Waals surface area (Å²) in [4.78, 5) is 21.8. The third-order valence-corrected chi connectivity index (χ3v) is 2.33. The molecule has 0 atom stereocenters. The number of nitrogen functional groups attached to an aromatic ring is 1. The van der Waals surface area contributed by atoms with E-state index in [1.807, 2.05) is 0 Å². The Kier molecular flexibility index (Phi) is 2.44. The molecule has 0 bridgehead atoms. The molecule has 3 N–H and O–H groups in total. The Morgan fingerprint density at radius 3 is 2.31 bits per heavy atom. The van der Waals surface area contributed by atoms with Crippen molar-refractivity contribution in [3.05, 3.63) is 56.1 Å². The van der Waals surface area contributed by atoms with Gasteiger partial charge in [-0.15, -0.1) is 0 Å². The van der Waals surface area contributed by atoms with Crippen molar-refractivity contribution in [2.45, 2.75) is 6.54 Å². The predicted octanol–water partition coefficient (Wildman–Crippen LogP) is 0.616. The second kappa shape index (κ2) is 3.77. The summed E-state index contributed by atoms with van der Waals surface area (Å²) in [6, 6.07) is 5.82. The first-order valence-electron chi connectivity index (χ1n) is 4.66. The molecular formula is C11H9FN2O2. The molecule has 0 amide bonds. The molecule has 0 fully saturated rings. The molecule has 0 aliphatic carbocycles. The maximum absolute atomic E-state index is 12.6. The van der Waals surface area contributed by atoms with E-state index in [1.165, 1.54) is 12.1 Å². The van der Waals surface area contributed by atoms with Crippen LogP contribution in [0.2, 0.25) is 0 Å². The first kappa shape index (κ1) is 10.4. The van der Waals surface area contributed by atoms with E-state index in [9.17, 15) is 14.0 Å². The zero-order chi connectivity index (χ0) is 11.7. The highest BCUT2D eigenvalue weighted by Gasteiger charge is 2.16. The zero-order valence-electron chi connectivity index (χ0n) is 8.29. The standard InChI is InChI=1S/C11H9FN2O2/c12-7-3-1-6(2-4-7)5-14-9-8(13)10(15)11(9)16/h1-4,14H,5,13H2. The molecule has 0 heterocycles. The highest BCUT2D eigenvalue weighted by Crippen LogP contribution is 2.11. The molecule has 0 aromatic heterocycles. The molecule has 5 heteroatoms. The summed E-state index contributed by atoms with van der Waals surface area (Å²) in [6.07, 6.45) is 0. The Hall–Kier alpha value is -2.17. The number of nitrogens with two attached hydrogens (primary N) is 1. The maximum atomic E-state index is 12.6. The van der Waals surface area contributed by atoms with Gasteiger partial charge >= 0.3 is 0 Å². The molecule has 0 radical (unpaired) electrons. The second-order valence-corrected chi connectivity index (χ2v) is 3.43. The van der Waals surface area contributed by atoms with Crippen molar-refractivity contribution in [2.75, 3.05) is 11.1 Å². The lowest BCUT2D eigenvalue weighted by Gasteiger charge is -2.09. The van der Waals surface area contributed by atoms with Crippen LogP contribution in [0.4, 0.5) is 15.8 Å². The van der Waals surface area contributed by atoms with Gasteiger partial charge in [0.2, 0.25) is 0 Å². The van der Waals surface area contributed by atoms with Crippen LogP contribution in [-0.2, 0) is 6.54 Å². The van der Waals surface area contributed by atoms with Crippen LogP contribution in [0.3, 0.4) is 0 Å². The largest absolute Gasteiger partial charge is 0.394 e. The summed E-state index contributed by atoms with van der Waals surface area (Å²) in [6.45, 7) is 0.329. The lowest BCUT2D eigenvalue weighted by atomic mass is 10.1. The number of rotatable bonds is 3. The van der Waals surface area contributed by atoms with Crippen molar-refractivity contribution in [2.24, 2.45) is 0 Å². The first-order valence-corrected chi connectivity index (χ1v) is 4.66. The number of hydrogen-bond donors (Lipinski definition) is 2. The summed E-state index contributed by atoms with van der Waals surface area (Å²) in [7, 11) is 0. The van der Waals surface area contributed by atoms with Gasteiger partial charge in [-0.25, -0.2) is 4.39 Å². The fourth-order valence-corrected chi connectivity index (χ4v) is 1.38. The van der Waals surface area contributed by atoms with Gasteiger partial charge in [-0.1, -0.05) is 12.1 Å². The average Bonchev–Trinajstić information content (AvgIpc) is 2.31. The topological polar surface area (TPSA) is 72.2 Å².